The van der Waals surface area contributed by atoms with E-state index in [1.165, 1.54) is 0 Å². The lowest BCUT2D eigenvalue weighted by Crippen LogP contribution is -2.51. The van der Waals surface area contributed by atoms with Crippen LogP contribution in [-0.2, 0) is 17.7 Å². The Morgan fingerprint density at radius 2 is 1.89 bits per heavy atom. The smallest absolute Gasteiger partial charge is 0.223 e. The summed E-state index contributed by atoms with van der Waals surface area (Å²) >= 11 is 1.61. The van der Waals surface area contributed by atoms with E-state index < -0.39 is 0 Å². The minimum atomic E-state index is -0.184. The lowest BCUT2D eigenvalue weighted by molar-refractivity contribution is 0.0268. The largest absolute Gasteiger partial charge is 0.393 e. The molecule has 0 atom stereocenters. The number of hydrogen-bond donors (Lipinski definition) is 3. The quantitative estimate of drug-likeness (QED) is 0.399. The summed E-state index contributed by atoms with van der Waals surface area (Å²) < 4.78 is 5.50. The van der Waals surface area contributed by atoms with E-state index in [4.69, 9.17) is 19.7 Å². The number of thiazole rings is 1. The summed E-state index contributed by atoms with van der Waals surface area (Å²) in [6, 6.07) is 6.29. The van der Waals surface area contributed by atoms with Gasteiger partial charge in [-0.25, -0.2) is 19.9 Å². The summed E-state index contributed by atoms with van der Waals surface area (Å²) in [4.78, 5) is 22.3. The van der Waals surface area contributed by atoms with Crippen molar-refractivity contribution in [3.63, 3.8) is 0 Å². The molecule has 0 aromatic carbocycles. The predicted octanol–water partition coefficient (Wildman–Crippen LogP) is 2.99. The van der Waals surface area contributed by atoms with E-state index in [9.17, 15) is 5.11 Å². The molecule has 5 rings (SSSR count). The first-order valence-electron chi connectivity index (χ1n) is 13.0. The molecule has 0 amide bonds. The lowest BCUT2D eigenvalue weighted by Gasteiger charge is -2.35. The van der Waals surface area contributed by atoms with Gasteiger partial charge < -0.3 is 20.5 Å². The SMILES string of the molecule is CC(C)(CN1CCOCC1)NCc1cc(Cc2nc3cccnc3s2)nc(NC2CCC(O)CC2)n1. The van der Waals surface area contributed by atoms with Gasteiger partial charge in [0.05, 0.1) is 30.7 Å². The first-order valence-corrected chi connectivity index (χ1v) is 13.8. The fraction of sp³-hybridized carbons (Fsp3) is 0.615. The Bertz CT molecular complexity index is 1110. The number of anilines is 1. The summed E-state index contributed by atoms with van der Waals surface area (Å²) in [6.07, 6.45) is 5.76. The minimum Gasteiger partial charge on any atom is -0.393 e. The van der Waals surface area contributed by atoms with Crippen molar-refractivity contribution < 1.29 is 9.84 Å². The number of morpholine rings is 1. The van der Waals surface area contributed by atoms with Crippen molar-refractivity contribution in [3.05, 3.63) is 40.8 Å². The van der Waals surface area contributed by atoms with E-state index in [2.05, 4.69) is 40.4 Å². The van der Waals surface area contributed by atoms with Crippen LogP contribution in [0.5, 0.6) is 0 Å². The maximum atomic E-state index is 9.88. The highest BCUT2D eigenvalue weighted by Crippen LogP contribution is 2.24. The van der Waals surface area contributed by atoms with Gasteiger partial charge in [-0.2, -0.15) is 0 Å². The van der Waals surface area contributed by atoms with Crippen molar-refractivity contribution >= 4 is 27.6 Å². The number of aromatic nitrogens is 4. The van der Waals surface area contributed by atoms with Crippen LogP contribution in [0.25, 0.3) is 10.3 Å². The Labute approximate surface area is 216 Å². The Balaban J connectivity index is 1.31. The second-order valence-electron chi connectivity index (χ2n) is 10.6. The topological polar surface area (TPSA) is 108 Å². The molecular weight excluding hydrogens is 474 g/mol. The molecule has 3 N–H and O–H groups in total. The van der Waals surface area contributed by atoms with Gasteiger partial charge in [-0.3, -0.25) is 4.90 Å². The number of fused-ring (bicyclic) bond motifs is 1. The standard InChI is InChI=1S/C26H37N7O2S/c1-26(2,17-33-10-12-35-13-11-33)28-16-20-14-19(15-23-32-22-4-3-9-27-24(22)36-23)30-25(31-20)29-18-5-7-21(34)8-6-18/h3-4,9,14,18,21,28,34H,5-8,10-13,15-17H2,1-2H3,(H,29,30,31). The van der Waals surface area contributed by atoms with Crippen molar-refractivity contribution in [2.24, 2.45) is 0 Å². The van der Waals surface area contributed by atoms with Gasteiger partial charge in [-0.1, -0.05) is 11.3 Å². The third-order valence-corrected chi connectivity index (χ3v) is 7.86. The van der Waals surface area contributed by atoms with Crippen LogP contribution in [-0.4, -0.2) is 80.5 Å². The van der Waals surface area contributed by atoms with Crippen LogP contribution in [0.2, 0.25) is 0 Å². The summed E-state index contributed by atoms with van der Waals surface area (Å²) in [6.45, 7) is 9.67. The van der Waals surface area contributed by atoms with E-state index >= 15 is 0 Å². The highest BCUT2D eigenvalue weighted by atomic mass is 32.1. The summed E-state index contributed by atoms with van der Waals surface area (Å²) in [5.74, 6) is 0.663. The van der Waals surface area contributed by atoms with E-state index in [1.54, 1.807) is 17.5 Å². The van der Waals surface area contributed by atoms with Crippen LogP contribution in [0.15, 0.2) is 24.4 Å². The fourth-order valence-corrected chi connectivity index (χ4v) is 5.87. The van der Waals surface area contributed by atoms with Gasteiger partial charge >= 0.3 is 0 Å². The molecule has 4 heterocycles. The molecular formula is C26H37N7O2S. The summed E-state index contributed by atoms with van der Waals surface area (Å²) in [5.41, 5.74) is 2.78. The molecule has 9 nitrogen and oxygen atoms in total. The molecule has 1 aliphatic carbocycles. The number of rotatable bonds is 9. The average molecular weight is 512 g/mol. The van der Waals surface area contributed by atoms with Gasteiger partial charge in [0.2, 0.25) is 5.95 Å². The second-order valence-corrected chi connectivity index (χ2v) is 11.6. The molecule has 0 radical (unpaired) electrons. The minimum absolute atomic E-state index is 0.0613. The zero-order valence-corrected chi connectivity index (χ0v) is 22.1. The van der Waals surface area contributed by atoms with Crippen LogP contribution in [0.1, 0.15) is 55.9 Å². The molecule has 0 spiro atoms. The lowest BCUT2D eigenvalue weighted by atomic mass is 9.93. The first-order chi connectivity index (χ1) is 17.4. The molecule has 1 aliphatic heterocycles. The fourth-order valence-electron chi connectivity index (χ4n) is 4.95. The first kappa shape index (κ1) is 25.4. The third kappa shape index (κ3) is 6.95. The van der Waals surface area contributed by atoms with Crippen molar-refractivity contribution in [1.29, 1.82) is 0 Å². The molecule has 10 heteroatoms. The highest BCUT2D eigenvalue weighted by Gasteiger charge is 2.24. The number of nitrogens with one attached hydrogen (secondary N) is 2. The molecule has 194 valence electrons. The molecule has 0 bridgehead atoms. The molecule has 1 saturated heterocycles. The monoisotopic (exact) mass is 511 g/mol. The Hall–Kier alpha value is -2.24. The zero-order chi connectivity index (χ0) is 25.0. The number of aliphatic hydroxyl groups excluding tert-OH is 1. The molecule has 2 fully saturated rings. The summed E-state index contributed by atoms with van der Waals surface area (Å²) in [5, 5.41) is 18.1. The van der Waals surface area contributed by atoms with Gasteiger partial charge in [-0.15, -0.1) is 0 Å². The number of pyridine rings is 1. The Kier molecular flexibility index (Phi) is 8.07. The molecule has 2 aliphatic rings. The maximum Gasteiger partial charge on any atom is 0.223 e. The van der Waals surface area contributed by atoms with Gasteiger partial charge in [0.1, 0.15) is 15.4 Å². The average Bonchev–Trinajstić information content (AvgIpc) is 3.27. The van der Waals surface area contributed by atoms with Crippen LogP contribution in [0.3, 0.4) is 0 Å². The predicted molar refractivity (Wildman–Crippen MR) is 142 cm³/mol. The Morgan fingerprint density at radius 1 is 1.11 bits per heavy atom. The van der Waals surface area contributed by atoms with Crippen LogP contribution < -0.4 is 10.6 Å². The van der Waals surface area contributed by atoms with Crippen molar-refractivity contribution in [3.8, 4) is 0 Å². The molecule has 36 heavy (non-hydrogen) atoms. The van der Waals surface area contributed by atoms with E-state index in [1.807, 2.05) is 12.1 Å². The number of hydrogen-bond acceptors (Lipinski definition) is 10. The maximum absolute atomic E-state index is 9.88. The van der Waals surface area contributed by atoms with E-state index in [-0.39, 0.29) is 17.7 Å². The summed E-state index contributed by atoms with van der Waals surface area (Å²) in [7, 11) is 0. The van der Waals surface area contributed by atoms with Gasteiger partial charge in [0, 0.05) is 50.4 Å². The molecule has 3 aromatic heterocycles. The van der Waals surface area contributed by atoms with Gasteiger partial charge in [0.15, 0.2) is 0 Å². The van der Waals surface area contributed by atoms with Crippen LogP contribution in [0, 0.1) is 0 Å². The number of nitrogens with zero attached hydrogens (tertiary/aromatic N) is 5. The van der Waals surface area contributed by atoms with E-state index in [0.29, 0.717) is 18.9 Å². The van der Waals surface area contributed by atoms with Crippen LogP contribution in [0.4, 0.5) is 5.95 Å². The van der Waals surface area contributed by atoms with Crippen LogP contribution >= 0.6 is 11.3 Å². The third-order valence-electron chi connectivity index (χ3n) is 6.88. The zero-order valence-electron chi connectivity index (χ0n) is 21.2. The molecule has 3 aromatic rings. The molecule has 0 unspecified atom stereocenters. The normalized spacial score (nSPS) is 21.6. The molecule has 1 saturated carbocycles. The highest BCUT2D eigenvalue weighted by molar-refractivity contribution is 7.18. The Morgan fingerprint density at radius 3 is 2.67 bits per heavy atom. The van der Waals surface area contributed by atoms with E-state index in [0.717, 1.165) is 85.3 Å². The van der Waals surface area contributed by atoms with Gasteiger partial charge in [-0.05, 0) is 57.7 Å². The van der Waals surface area contributed by atoms with Crippen molar-refractivity contribution in [2.75, 3.05) is 38.2 Å². The second kappa shape index (κ2) is 11.4. The van der Waals surface area contributed by atoms with Crippen molar-refractivity contribution in [2.45, 2.75) is 70.2 Å². The van der Waals surface area contributed by atoms with Crippen molar-refractivity contribution in [1.82, 2.24) is 30.2 Å². The van der Waals surface area contributed by atoms with Gasteiger partial charge in [0.25, 0.3) is 0 Å². The number of aliphatic hydroxyl groups is 1. The number of ether oxygens (including phenoxy) is 1.